The van der Waals surface area contributed by atoms with E-state index in [1.165, 1.54) is 0 Å². The monoisotopic (exact) mass is 150 g/mol. The van der Waals surface area contributed by atoms with Crippen molar-refractivity contribution < 1.29 is 4.79 Å². The number of hydrogen-bond acceptors (Lipinski definition) is 2. The number of nitrogens with zero attached hydrogens (tertiary/aromatic N) is 1. The molecule has 3 nitrogen and oxygen atoms in total. The lowest BCUT2D eigenvalue weighted by Crippen LogP contribution is -2.33. The molecule has 0 bridgehead atoms. The van der Waals surface area contributed by atoms with E-state index in [2.05, 4.69) is 11.4 Å². The Kier molecular flexibility index (Phi) is 1.19. The molecule has 1 atom stereocenters. The van der Waals surface area contributed by atoms with Gasteiger partial charge in [0.25, 0.3) is 0 Å². The SMILES string of the molecule is N#CC1(C2CCC(=O)N2)CC1. The molecule has 2 rings (SSSR count). The highest BCUT2D eigenvalue weighted by Gasteiger charge is 2.52. The fourth-order valence-electron chi connectivity index (χ4n) is 1.70. The molecule has 0 aromatic rings. The first-order valence-corrected chi connectivity index (χ1v) is 3.97. The van der Waals surface area contributed by atoms with Crippen LogP contribution in [0.1, 0.15) is 25.7 Å². The first-order chi connectivity index (χ1) is 5.27. The summed E-state index contributed by atoms with van der Waals surface area (Å²) < 4.78 is 0. The van der Waals surface area contributed by atoms with Crippen LogP contribution in [0.5, 0.6) is 0 Å². The second-order valence-corrected chi connectivity index (χ2v) is 3.43. The van der Waals surface area contributed by atoms with Crippen molar-refractivity contribution in [3.63, 3.8) is 0 Å². The van der Waals surface area contributed by atoms with Crippen molar-refractivity contribution in [1.82, 2.24) is 5.32 Å². The van der Waals surface area contributed by atoms with Gasteiger partial charge in [0.1, 0.15) is 0 Å². The van der Waals surface area contributed by atoms with Gasteiger partial charge in [0, 0.05) is 12.5 Å². The molecule has 0 spiro atoms. The van der Waals surface area contributed by atoms with Gasteiger partial charge in [-0.3, -0.25) is 4.79 Å². The Bertz CT molecular complexity index is 237. The van der Waals surface area contributed by atoms with Gasteiger partial charge in [-0.05, 0) is 19.3 Å². The van der Waals surface area contributed by atoms with Gasteiger partial charge < -0.3 is 5.32 Å². The Morgan fingerprint density at radius 1 is 1.64 bits per heavy atom. The highest BCUT2D eigenvalue weighted by Crippen LogP contribution is 2.50. The maximum atomic E-state index is 10.8. The zero-order valence-electron chi connectivity index (χ0n) is 6.26. The zero-order chi connectivity index (χ0) is 7.90. The number of hydrogen-bond donors (Lipinski definition) is 1. The van der Waals surface area contributed by atoms with E-state index in [9.17, 15) is 4.79 Å². The van der Waals surface area contributed by atoms with Gasteiger partial charge >= 0.3 is 0 Å². The standard InChI is InChI=1S/C8H10N2O/c9-5-8(3-4-8)6-1-2-7(11)10-6/h6H,1-4H2,(H,10,11). The molecule has 0 aromatic heterocycles. The van der Waals surface area contributed by atoms with Crippen LogP contribution in [0.3, 0.4) is 0 Å². The fourth-order valence-corrected chi connectivity index (χ4v) is 1.70. The molecule has 11 heavy (non-hydrogen) atoms. The maximum Gasteiger partial charge on any atom is 0.220 e. The van der Waals surface area contributed by atoms with E-state index in [-0.39, 0.29) is 17.4 Å². The van der Waals surface area contributed by atoms with Crippen LogP contribution < -0.4 is 5.32 Å². The van der Waals surface area contributed by atoms with Gasteiger partial charge in [-0.1, -0.05) is 0 Å². The predicted molar refractivity (Wildman–Crippen MR) is 38.4 cm³/mol. The Labute approximate surface area is 65.4 Å². The second-order valence-electron chi connectivity index (χ2n) is 3.43. The molecule has 1 saturated carbocycles. The van der Waals surface area contributed by atoms with Crippen LogP contribution >= 0.6 is 0 Å². The Hall–Kier alpha value is -1.04. The molecule has 3 heteroatoms. The van der Waals surface area contributed by atoms with Gasteiger partial charge in [0.2, 0.25) is 5.91 Å². The minimum atomic E-state index is -0.174. The van der Waals surface area contributed by atoms with Crippen molar-refractivity contribution in [3.05, 3.63) is 0 Å². The molecule has 1 unspecified atom stereocenters. The van der Waals surface area contributed by atoms with Crippen LogP contribution in [0, 0.1) is 16.7 Å². The average Bonchev–Trinajstić information content (AvgIpc) is 2.70. The van der Waals surface area contributed by atoms with E-state index in [1.54, 1.807) is 0 Å². The third-order valence-corrected chi connectivity index (χ3v) is 2.67. The number of rotatable bonds is 1. The van der Waals surface area contributed by atoms with E-state index >= 15 is 0 Å². The molecule has 1 N–H and O–H groups in total. The van der Waals surface area contributed by atoms with Crippen LogP contribution in [0.25, 0.3) is 0 Å². The minimum Gasteiger partial charge on any atom is -0.352 e. The zero-order valence-corrected chi connectivity index (χ0v) is 6.26. The highest BCUT2D eigenvalue weighted by molar-refractivity contribution is 5.78. The summed E-state index contributed by atoms with van der Waals surface area (Å²) in [5.41, 5.74) is -0.174. The Morgan fingerprint density at radius 2 is 2.36 bits per heavy atom. The van der Waals surface area contributed by atoms with Crippen molar-refractivity contribution in [2.45, 2.75) is 31.7 Å². The average molecular weight is 150 g/mol. The highest BCUT2D eigenvalue weighted by atomic mass is 16.1. The molecular formula is C8H10N2O. The number of nitrogens with one attached hydrogen (secondary N) is 1. The van der Waals surface area contributed by atoms with Crippen molar-refractivity contribution >= 4 is 5.91 Å². The number of nitriles is 1. The lowest BCUT2D eigenvalue weighted by molar-refractivity contribution is -0.119. The third-order valence-electron chi connectivity index (χ3n) is 2.67. The molecule has 1 aliphatic carbocycles. The lowest BCUT2D eigenvalue weighted by Gasteiger charge is -2.13. The van der Waals surface area contributed by atoms with Gasteiger partial charge in [-0.25, -0.2) is 0 Å². The van der Waals surface area contributed by atoms with E-state index in [4.69, 9.17) is 5.26 Å². The van der Waals surface area contributed by atoms with Crippen molar-refractivity contribution in [1.29, 1.82) is 5.26 Å². The molecule has 58 valence electrons. The Balaban J connectivity index is 2.08. The topological polar surface area (TPSA) is 52.9 Å². The molecular weight excluding hydrogens is 140 g/mol. The van der Waals surface area contributed by atoms with E-state index < -0.39 is 0 Å². The molecule has 1 heterocycles. The molecule has 1 amide bonds. The molecule has 0 radical (unpaired) electrons. The quantitative estimate of drug-likeness (QED) is 0.594. The lowest BCUT2D eigenvalue weighted by atomic mass is 9.97. The van der Waals surface area contributed by atoms with Crippen molar-refractivity contribution in [2.75, 3.05) is 0 Å². The summed E-state index contributed by atoms with van der Waals surface area (Å²) >= 11 is 0. The van der Waals surface area contributed by atoms with Gasteiger partial charge in [-0.15, -0.1) is 0 Å². The second kappa shape index (κ2) is 1.97. The Morgan fingerprint density at radius 3 is 2.73 bits per heavy atom. The van der Waals surface area contributed by atoms with Crippen LogP contribution in [0.2, 0.25) is 0 Å². The smallest absolute Gasteiger partial charge is 0.220 e. The van der Waals surface area contributed by atoms with E-state index in [0.717, 1.165) is 19.3 Å². The molecule has 2 fully saturated rings. The normalized spacial score (nSPS) is 32.6. The first-order valence-electron chi connectivity index (χ1n) is 3.97. The van der Waals surface area contributed by atoms with Gasteiger partial charge in [0.05, 0.1) is 11.5 Å². The maximum absolute atomic E-state index is 10.8. The summed E-state index contributed by atoms with van der Waals surface area (Å²) in [5, 5.41) is 11.6. The van der Waals surface area contributed by atoms with Gasteiger partial charge in [-0.2, -0.15) is 5.26 Å². The number of carbonyl (C=O) groups excluding carboxylic acids is 1. The summed E-state index contributed by atoms with van der Waals surface area (Å²) in [6, 6.07) is 2.45. The van der Waals surface area contributed by atoms with E-state index in [0.29, 0.717) is 6.42 Å². The van der Waals surface area contributed by atoms with Crippen LogP contribution in [-0.2, 0) is 4.79 Å². The summed E-state index contributed by atoms with van der Waals surface area (Å²) in [6.07, 6.45) is 3.39. The summed E-state index contributed by atoms with van der Waals surface area (Å²) in [4.78, 5) is 10.8. The number of carbonyl (C=O) groups is 1. The van der Waals surface area contributed by atoms with Crippen molar-refractivity contribution in [3.8, 4) is 6.07 Å². The molecule has 2 aliphatic rings. The largest absolute Gasteiger partial charge is 0.352 e. The molecule has 0 aromatic carbocycles. The summed E-state index contributed by atoms with van der Waals surface area (Å²) in [5.74, 6) is 0.108. The molecule has 1 aliphatic heterocycles. The number of amides is 1. The minimum absolute atomic E-state index is 0.108. The van der Waals surface area contributed by atoms with Crippen LogP contribution in [0.15, 0.2) is 0 Å². The van der Waals surface area contributed by atoms with Crippen LogP contribution in [0.4, 0.5) is 0 Å². The first kappa shape index (κ1) is 6.66. The fraction of sp³-hybridized carbons (Fsp3) is 0.750. The summed E-state index contributed by atoms with van der Waals surface area (Å²) in [6.45, 7) is 0. The third kappa shape index (κ3) is 0.900. The summed E-state index contributed by atoms with van der Waals surface area (Å²) in [7, 11) is 0. The van der Waals surface area contributed by atoms with Crippen molar-refractivity contribution in [2.24, 2.45) is 5.41 Å². The predicted octanol–water partition coefficient (Wildman–Crippen LogP) is 0.569. The van der Waals surface area contributed by atoms with Gasteiger partial charge in [0.15, 0.2) is 0 Å². The van der Waals surface area contributed by atoms with E-state index in [1.807, 2.05) is 0 Å². The van der Waals surface area contributed by atoms with Crippen LogP contribution in [-0.4, -0.2) is 11.9 Å². The molecule has 1 saturated heterocycles.